The lowest BCUT2D eigenvalue weighted by Crippen LogP contribution is -1.98. The smallest absolute Gasteiger partial charge is 0.147 e. The Morgan fingerprint density at radius 2 is 2.45 bits per heavy atom. The first-order valence-corrected chi connectivity index (χ1v) is 3.75. The molecule has 1 saturated carbocycles. The van der Waals surface area contributed by atoms with Gasteiger partial charge in [0.15, 0.2) is 0 Å². The van der Waals surface area contributed by atoms with Gasteiger partial charge >= 0.3 is 0 Å². The fraction of sp³-hybridized carbons (Fsp3) is 0.571. The van der Waals surface area contributed by atoms with Crippen LogP contribution in [0.5, 0.6) is 0 Å². The fourth-order valence-corrected chi connectivity index (χ4v) is 1.17. The molecular formula is C7H11N3O. The average molecular weight is 153 g/mol. The minimum absolute atomic E-state index is 0.642. The number of aryl methyl sites for hydroxylation is 1. The zero-order valence-corrected chi connectivity index (χ0v) is 6.41. The number of hydrogen-bond donors (Lipinski definition) is 2. The SMILES string of the molecule is Cn1nc(C2CC2)cc1NO. The first kappa shape index (κ1) is 6.67. The van der Waals surface area contributed by atoms with Crippen molar-refractivity contribution in [3.05, 3.63) is 11.8 Å². The summed E-state index contributed by atoms with van der Waals surface area (Å²) in [4.78, 5) is 0. The van der Waals surface area contributed by atoms with Crippen molar-refractivity contribution >= 4 is 5.82 Å². The summed E-state index contributed by atoms with van der Waals surface area (Å²) in [6.07, 6.45) is 2.48. The molecule has 1 heterocycles. The van der Waals surface area contributed by atoms with E-state index >= 15 is 0 Å². The van der Waals surface area contributed by atoms with Crippen LogP contribution in [0.3, 0.4) is 0 Å². The van der Waals surface area contributed by atoms with Crippen LogP contribution in [-0.4, -0.2) is 15.0 Å². The molecule has 4 nitrogen and oxygen atoms in total. The van der Waals surface area contributed by atoms with Crippen LogP contribution >= 0.6 is 0 Å². The van der Waals surface area contributed by atoms with E-state index in [1.54, 1.807) is 4.68 Å². The van der Waals surface area contributed by atoms with E-state index < -0.39 is 0 Å². The van der Waals surface area contributed by atoms with Crippen molar-refractivity contribution in [3.8, 4) is 0 Å². The molecule has 2 N–H and O–H groups in total. The highest BCUT2D eigenvalue weighted by Crippen LogP contribution is 2.39. The van der Waals surface area contributed by atoms with Crippen LogP contribution in [-0.2, 0) is 7.05 Å². The maximum atomic E-state index is 8.62. The monoisotopic (exact) mass is 153 g/mol. The number of nitrogens with one attached hydrogen (secondary N) is 1. The van der Waals surface area contributed by atoms with E-state index in [9.17, 15) is 0 Å². The number of anilines is 1. The van der Waals surface area contributed by atoms with Crippen LogP contribution in [0.4, 0.5) is 5.82 Å². The van der Waals surface area contributed by atoms with Crippen LogP contribution in [0.1, 0.15) is 24.5 Å². The van der Waals surface area contributed by atoms with Gasteiger partial charge in [0.2, 0.25) is 0 Å². The highest BCUT2D eigenvalue weighted by atomic mass is 16.5. The molecule has 1 aromatic rings. The molecular weight excluding hydrogens is 142 g/mol. The fourth-order valence-electron chi connectivity index (χ4n) is 1.17. The molecule has 1 aliphatic carbocycles. The van der Waals surface area contributed by atoms with Crippen molar-refractivity contribution in [1.29, 1.82) is 0 Å². The lowest BCUT2D eigenvalue weighted by Gasteiger charge is -1.94. The molecule has 0 aliphatic heterocycles. The quantitative estimate of drug-likeness (QED) is 0.625. The van der Waals surface area contributed by atoms with Crippen molar-refractivity contribution in [2.24, 2.45) is 7.05 Å². The van der Waals surface area contributed by atoms with Crippen molar-refractivity contribution in [2.75, 3.05) is 5.48 Å². The highest BCUT2D eigenvalue weighted by Gasteiger charge is 2.26. The van der Waals surface area contributed by atoms with Crippen LogP contribution < -0.4 is 5.48 Å². The number of aromatic nitrogens is 2. The van der Waals surface area contributed by atoms with Crippen molar-refractivity contribution in [1.82, 2.24) is 9.78 Å². The van der Waals surface area contributed by atoms with Gasteiger partial charge in [-0.25, -0.2) is 0 Å². The second-order valence-corrected chi connectivity index (χ2v) is 2.96. The summed E-state index contributed by atoms with van der Waals surface area (Å²) in [5.41, 5.74) is 3.19. The zero-order valence-electron chi connectivity index (χ0n) is 6.41. The third-order valence-electron chi connectivity index (χ3n) is 2.01. The largest absolute Gasteiger partial charge is 0.290 e. The summed E-state index contributed by atoms with van der Waals surface area (Å²) >= 11 is 0. The van der Waals surface area contributed by atoms with Gasteiger partial charge in [0.05, 0.1) is 5.69 Å². The Bertz CT molecular complexity index is 265. The molecule has 1 aromatic heterocycles. The van der Waals surface area contributed by atoms with Gasteiger partial charge in [-0.05, 0) is 12.8 Å². The van der Waals surface area contributed by atoms with Gasteiger partial charge < -0.3 is 0 Å². The van der Waals surface area contributed by atoms with Crippen LogP contribution in [0.15, 0.2) is 6.07 Å². The molecule has 1 aliphatic rings. The zero-order chi connectivity index (χ0) is 7.84. The van der Waals surface area contributed by atoms with E-state index in [0.29, 0.717) is 11.7 Å². The number of hydrogen-bond acceptors (Lipinski definition) is 3. The second kappa shape index (κ2) is 2.23. The first-order valence-electron chi connectivity index (χ1n) is 3.75. The Labute approximate surface area is 64.8 Å². The van der Waals surface area contributed by atoms with E-state index in [1.165, 1.54) is 12.8 Å². The van der Waals surface area contributed by atoms with E-state index in [1.807, 2.05) is 13.1 Å². The van der Waals surface area contributed by atoms with Gasteiger partial charge in [-0.15, -0.1) is 0 Å². The topological polar surface area (TPSA) is 50.1 Å². The average Bonchev–Trinajstić information content (AvgIpc) is 2.76. The van der Waals surface area contributed by atoms with Gasteiger partial charge in [0, 0.05) is 19.0 Å². The Hall–Kier alpha value is -1.03. The lowest BCUT2D eigenvalue weighted by atomic mass is 10.3. The molecule has 11 heavy (non-hydrogen) atoms. The van der Waals surface area contributed by atoms with Crippen molar-refractivity contribution < 1.29 is 5.21 Å². The molecule has 0 radical (unpaired) electrons. The molecule has 0 unspecified atom stereocenters. The van der Waals surface area contributed by atoms with Gasteiger partial charge in [-0.3, -0.25) is 15.4 Å². The molecule has 0 spiro atoms. The minimum Gasteiger partial charge on any atom is -0.290 e. The first-order chi connectivity index (χ1) is 5.31. The van der Waals surface area contributed by atoms with Crippen LogP contribution in [0.25, 0.3) is 0 Å². The summed E-state index contributed by atoms with van der Waals surface area (Å²) in [7, 11) is 1.81. The molecule has 0 atom stereocenters. The third-order valence-corrected chi connectivity index (χ3v) is 2.01. The number of nitrogens with zero attached hydrogens (tertiary/aromatic N) is 2. The second-order valence-electron chi connectivity index (χ2n) is 2.96. The Morgan fingerprint density at radius 1 is 1.73 bits per heavy atom. The Kier molecular flexibility index (Phi) is 1.35. The molecule has 1 fully saturated rings. The summed E-state index contributed by atoms with van der Waals surface area (Å²) in [6, 6.07) is 1.89. The predicted octanol–water partition coefficient (Wildman–Crippen LogP) is 1.10. The van der Waals surface area contributed by atoms with E-state index in [0.717, 1.165) is 5.69 Å². The van der Waals surface area contributed by atoms with Crippen LogP contribution in [0.2, 0.25) is 0 Å². The molecule has 2 rings (SSSR count). The Balaban J connectivity index is 2.28. The van der Waals surface area contributed by atoms with Gasteiger partial charge in [-0.2, -0.15) is 5.10 Å². The third kappa shape index (κ3) is 1.09. The summed E-state index contributed by atoms with van der Waals surface area (Å²) < 4.78 is 1.65. The van der Waals surface area contributed by atoms with Crippen molar-refractivity contribution in [2.45, 2.75) is 18.8 Å². The highest BCUT2D eigenvalue weighted by molar-refractivity contribution is 5.36. The summed E-state index contributed by atoms with van der Waals surface area (Å²) in [6.45, 7) is 0. The molecule has 4 heteroatoms. The van der Waals surface area contributed by atoms with E-state index in [-0.39, 0.29) is 0 Å². The van der Waals surface area contributed by atoms with Gasteiger partial charge in [0.25, 0.3) is 0 Å². The summed E-state index contributed by atoms with van der Waals surface area (Å²) in [5.74, 6) is 1.30. The van der Waals surface area contributed by atoms with E-state index in [4.69, 9.17) is 5.21 Å². The standard InChI is InChI=1S/C7H11N3O/c1-10-7(9-11)4-6(8-10)5-2-3-5/h4-5,9,11H,2-3H2,1H3. The molecule has 0 aromatic carbocycles. The molecule has 0 bridgehead atoms. The van der Waals surface area contributed by atoms with Crippen molar-refractivity contribution in [3.63, 3.8) is 0 Å². The van der Waals surface area contributed by atoms with E-state index in [2.05, 4.69) is 10.6 Å². The van der Waals surface area contributed by atoms with Gasteiger partial charge in [0.1, 0.15) is 5.82 Å². The van der Waals surface area contributed by atoms with Crippen LogP contribution in [0, 0.1) is 0 Å². The molecule has 0 amide bonds. The minimum atomic E-state index is 0.642. The number of rotatable bonds is 2. The maximum absolute atomic E-state index is 8.62. The molecule has 60 valence electrons. The maximum Gasteiger partial charge on any atom is 0.147 e. The molecule has 0 saturated heterocycles. The Morgan fingerprint density at radius 3 is 2.91 bits per heavy atom. The summed E-state index contributed by atoms with van der Waals surface area (Å²) in [5, 5.41) is 12.9. The van der Waals surface area contributed by atoms with Gasteiger partial charge in [-0.1, -0.05) is 0 Å². The normalized spacial score (nSPS) is 16.9. The predicted molar refractivity (Wildman–Crippen MR) is 40.6 cm³/mol. The lowest BCUT2D eigenvalue weighted by molar-refractivity contribution is 0.381.